The molecule has 8 aliphatic rings. The van der Waals surface area contributed by atoms with E-state index < -0.39 is 0 Å². The van der Waals surface area contributed by atoms with E-state index in [1.807, 2.05) is 12.1 Å². The zero-order valence-corrected chi connectivity index (χ0v) is 69.6. The summed E-state index contributed by atoms with van der Waals surface area (Å²) in [7, 11) is 0. The number of hydrogen-bond acceptors (Lipinski definition) is 6. The highest BCUT2D eigenvalue weighted by Crippen LogP contribution is 2.64. The van der Waals surface area contributed by atoms with Crippen molar-refractivity contribution in [3.05, 3.63) is 404 Å². The summed E-state index contributed by atoms with van der Waals surface area (Å²) in [4.78, 5) is 13.0. The van der Waals surface area contributed by atoms with Gasteiger partial charge in [-0.25, -0.2) is 0 Å². The Morgan fingerprint density at radius 2 is 0.607 bits per heavy atom. The van der Waals surface area contributed by atoms with Crippen molar-refractivity contribution in [2.24, 2.45) is 0 Å². The summed E-state index contributed by atoms with van der Waals surface area (Å²) < 4.78 is 0. The van der Waals surface area contributed by atoms with Crippen LogP contribution >= 0.6 is 11.6 Å². The van der Waals surface area contributed by atoms with Gasteiger partial charge >= 0.3 is 0 Å². The minimum atomic E-state index is -0.0825. The topological polar surface area (TPSA) is 28.2 Å². The summed E-state index contributed by atoms with van der Waals surface area (Å²) in [5.74, 6) is 0. The first-order valence-corrected chi connectivity index (χ1v) is 43.8. The van der Waals surface area contributed by atoms with Gasteiger partial charge in [-0.15, -0.1) is 0 Å². The van der Waals surface area contributed by atoms with Crippen molar-refractivity contribution < 1.29 is 0 Å². The van der Waals surface area contributed by atoms with Crippen LogP contribution in [-0.2, 0) is 10.8 Å². The van der Waals surface area contributed by atoms with Crippen LogP contribution in [0.3, 0.4) is 0 Å². The molecule has 0 radical (unpaired) electrons. The summed E-state index contributed by atoms with van der Waals surface area (Å²) in [6.45, 7) is 10.5. The van der Waals surface area contributed by atoms with Crippen molar-refractivity contribution in [3.8, 4) is 44.5 Å². The van der Waals surface area contributed by atoms with Gasteiger partial charge in [0.1, 0.15) is 0 Å². The summed E-state index contributed by atoms with van der Waals surface area (Å²) in [6, 6.07) is 141. The molecule has 0 aromatic heterocycles. The highest BCUT2D eigenvalue weighted by molar-refractivity contribution is 7.01. The maximum absolute atomic E-state index is 6.98. The molecule has 6 nitrogen and oxygen atoms in total. The van der Waals surface area contributed by atoms with Crippen molar-refractivity contribution >= 4 is 143 Å². The zero-order chi connectivity index (χ0) is 81.1. The number of nitrogens with zero attached hydrogens (tertiary/aromatic N) is 5. The van der Waals surface area contributed by atoms with Gasteiger partial charge in [0.05, 0.1) is 16.8 Å². The molecule has 4 unspecified atom stereocenters. The molecule has 16 aromatic carbocycles. The number of para-hydroxylation sites is 6. The maximum atomic E-state index is 6.98. The average Bonchev–Trinajstić information content (AvgIpc) is 1.49. The number of halogens is 1. The van der Waals surface area contributed by atoms with Crippen LogP contribution in [0.2, 0.25) is 5.02 Å². The van der Waals surface area contributed by atoms with Gasteiger partial charge < -0.3 is 29.8 Å². The highest BCUT2D eigenvalue weighted by Gasteiger charge is 2.63. The summed E-state index contributed by atoms with van der Waals surface area (Å²) in [5.41, 5.74) is 39.6. The van der Waals surface area contributed by atoms with Crippen LogP contribution in [0, 0.1) is 0 Å². The van der Waals surface area contributed by atoms with Crippen molar-refractivity contribution in [1.82, 2.24) is 0 Å². The summed E-state index contributed by atoms with van der Waals surface area (Å²) in [5, 5.41) is 4.33. The van der Waals surface area contributed by atoms with E-state index in [1.165, 1.54) is 190 Å². The van der Waals surface area contributed by atoms with Crippen LogP contribution in [0.1, 0.15) is 97.6 Å². The Kier molecular flexibility index (Phi) is 19.0. The molecule has 9 heteroatoms. The fraction of sp³-hybridized carbons (Fsp3) is 0.150. The Balaban J connectivity index is 0.000000125. The molecule has 0 amide bonds. The normalized spacial score (nSPS) is 18.9. The molecule has 592 valence electrons. The Morgan fingerprint density at radius 3 is 1.03 bits per heavy atom. The predicted octanol–water partition coefficient (Wildman–Crippen LogP) is 26.9. The second-order valence-corrected chi connectivity index (χ2v) is 35.5. The minimum Gasteiger partial charge on any atom is -0.355 e. The SMILES string of the molecule is C.CC12CCCCC1(C)N1c3cc(Cl)cc4c3B(c3ccccc3N4c3ccccc3)c3cccc2c31.CC12CCCCC1(C)N1c3cc(N(c4cccc(-c5ccccc5)c4)c4cccc(-c5ccccc5)c4)cc4c3B(c3ccccc3N4c3ccccc3)c3cccc2c31.c1ccc(-c2cccc(Nc3cccc(-c4ccccc4)c3)c2)cc1. The first-order chi connectivity index (χ1) is 59.4. The van der Waals surface area contributed by atoms with Gasteiger partial charge in [-0.05, 0) is 237 Å². The largest absolute Gasteiger partial charge is 0.355 e. The number of fused-ring (bicyclic) bond motifs is 14. The highest BCUT2D eigenvalue weighted by atomic mass is 35.5. The molecule has 0 spiro atoms. The van der Waals surface area contributed by atoms with Crippen LogP contribution in [-0.4, -0.2) is 24.5 Å². The third-order valence-electron chi connectivity index (χ3n) is 28.6. The van der Waals surface area contributed by atoms with Gasteiger partial charge in [-0.3, -0.25) is 0 Å². The Morgan fingerprint density at radius 1 is 0.287 bits per heavy atom. The summed E-state index contributed by atoms with van der Waals surface area (Å²) >= 11 is 6.98. The maximum Gasteiger partial charge on any atom is 0.252 e. The molecule has 4 atom stereocenters. The lowest BCUT2D eigenvalue weighted by Crippen LogP contribution is -2.64. The molecule has 6 heterocycles. The molecular weight excluding hydrogens is 1500 g/mol. The van der Waals surface area contributed by atoms with Gasteiger partial charge in [0.2, 0.25) is 0 Å². The van der Waals surface area contributed by atoms with Crippen molar-refractivity contribution in [2.45, 2.75) is 108 Å². The van der Waals surface area contributed by atoms with Crippen molar-refractivity contribution in [1.29, 1.82) is 0 Å². The number of nitrogens with one attached hydrogen (secondary N) is 1. The summed E-state index contributed by atoms with van der Waals surface area (Å²) in [6.07, 6.45) is 9.85. The molecule has 16 aromatic rings. The Labute approximate surface area is 725 Å². The van der Waals surface area contributed by atoms with Crippen LogP contribution in [0.25, 0.3) is 44.5 Å². The van der Waals surface area contributed by atoms with E-state index in [2.05, 4.69) is 434 Å². The van der Waals surface area contributed by atoms with E-state index in [0.29, 0.717) is 0 Å². The fourth-order valence-electron chi connectivity index (χ4n) is 22.6. The van der Waals surface area contributed by atoms with Gasteiger partial charge in [0, 0.05) is 95.5 Å². The lowest BCUT2D eigenvalue weighted by molar-refractivity contribution is 0.195. The third-order valence-corrected chi connectivity index (χ3v) is 28.8. The second kappa shape index (κ2) is 30.5. The van der Waals surface area contributed by atoms with Crippen LogP contribution < -0.4 is 62.6 Å². The van der Waals surface area contributed by atoms with E-state index in [1.54, 1.807) is 0 Å². The number of benzene rings is 16. The molecule has 6 aliphatic heterocycles. The van der Waals surface area contributed by atoms with Crippen LogP contribution in [0.4, 0.5) is 85.3 Å². The van der Waals surface area contributed by atoms with Crippen molar-refractivity contribution in [2.75, 3.05) is 29.8 Å². The minimum absolute atomic E-state index is 0. The predicted molar refractivity (Wildman–Crippen MR) is 522 cm³/mol. The van der Waals surface area contributed by atoms with Gasteiger partial charge in [0.25, 0.3) is 13.4 Å². The monoisotopic (exact) mass is 1590 g/mol. The molecule has 1 N–H and O–H groups in total. The van der Waals surface area contributed by atoms with Crippen LogP contribution in [0.15, 0.2) is 388 Å². The zero-order valence-electron chi connectivity index (χ0n) is 68.9. The smallest absolute Gasteiger partial charge is 0.252 e. The van der Waals surface area contributed by atoms with E-state index in [9.17, 15) is 0 Å². The molecule has 0 bridgehead atoms. The first-order valence-electron chi connectivity index (χ1n) is 43.4. The molecule has 0 saturated heterocycles. The fourth-order valence-corrected chi connectivity index (χ4v) is 22.8. The molecule has 2 aliphatic carbocycles. The third kappa shape index (κ3) is 12.2. The molecule has 122 heavy (non-hydrogen) atoms. The lowest BCUT2D eigenvalue weighted by atomic mass is 9.33. The average molecular weight is 1600 g/mol. The van der Waals surface area contributed by atoms with Crippen LogP contribution in [0.5, 0.6) is 0 Å². The molecular formula is C113H97B2ClN6. The Hall–Kier alpha value is -13.3. The molecule has 2 saturated carbocycles. The van der Waals surface area contributed by atoms with Gasteiger partial charge in [-0.2, -0.15) is 0 Å². The van der Waals surface area contributed by atoms with Gasteiger partial charge in [-0.1, -0.05) is 338 Å². The van der Waals surface area contributed by atoms with Gasteiger partial charge in [0.15, 0.2) is 0 Å². The van der Waals surface area contributed by atoms with E-state index in [-0.39, 0.29) is 42.8 Å². The Bertz CT molecular complexity index is 6510. The molecule has 2 fully saturated rings. The first kappa shape index (κ1) is 76.2. The lowest BCUT2D eigenvalue weighted by Gasteiger charge is -2.53. The molecule has 24 rings (SSSR count). The van der Waals surface area contributed by atoms with Crippen molar-refractivity contribution in [3.63, 3.8) is 0 Å². The second-order valence-electron chi connectivity index (χ2n) is 35.1. The number of anilines is 15. The van der Waals surface area contributed by atoms with E-state index in [0.717, 1.165) is 39.9 Å². The van der Waals surface area contributed by atoms with E-state index in [4.69, 9.17) is 11.6 Å². The standard InChI is InChI=1S/C56H46BN3.C32H28BClN2.C24H19N.CH4/c1-55-33-14-15-34-56(55,2)60-52-38-46(58(44-27-16-23-41(35-44)39-19-6-3-7-20-39)45-28-17-24-42(36-45)40-21-8-4-9-22-40)37-51-53(52)57(49-31-18-29-47(55)54(49)60)48-30-12-13-32-50(48)59(51)43-25-10-5-11-26-43;1-31-17-8-9-18-32(31,2)36-28-20-21(34)19-27-29(28)33(25-15-10-13-23(31)30(25)36)24-14-6-7-16-26(24)35(27)22-11-4-3-5-12-22;1-3-9-19(10-4-1)21-13-7-15-23(17-21)25-24-16-8-14-22(18-24)20-11-5-2-6-12-20;/h3-13,16-32,35-38H,14-15,33-34H2,1-2H3;3-7,10-16,19-20H,8-9,17-18H2,1-2H3;1-18,25H;1H4. The van der Waals surface area contributed by atoms with E-state index >= 15 is 0 Å². The quantitative estimate of drug-likeness (QED) is 0.130. The number of rotatable bonds is 11. The number of hydrogen-bond donors (Lipinski definition) is 1.